The zero-order chi connectivity index (χ0) is 18.1. The molecule has 1 fully saturated rings. The third-order valence-corrected chi connectivity index (χ3v) is 4.22. The van der Waals surface area contributed by atoms with Crippen LogP contribution in [0.5, 0.6) is 23.0 Å². The smallest absolute Gasteiger partial charge is 0.198 e. The highest BCUT2D eigenvalue weighted by Gasteiger charge is 2.47. The lowest BCUT2D eigenvalue weighted by molar-refractivity contribution is 0.0510. The Morgan fingerprint density at radius 3 is 2.73 bits per heavy atom. The van der Waals surface area contributed by atoms with Gasteiger partial charge in [0.05, 0.1) is 5.56 Å². The van der Waals surface area contributed by atoms with Crippen LogP contribution in [0.3, 0.4) is 0 Å². The Balaban J connectivity index is 1.47. The second-order valence-electron chi connectivity index (χ2n) is 5.97. The zero-order valence-electron chi connectivity index (χ0n) is 14.1. The number of epoxide rings is 1. The van der Waals surface area contributed by atoms with Crippen molar-refractivity contribution in [3.63, 3.8) is 0 Å². The average molecular weight is 358 g/mol. The summed E-state index contributed by atoms with van der Waals surface area (Å²) in [7, 11) is 1.50. The van der Waals surface area contributed by atoms with E-state index in [0.29, 0.717) is 30.5 Å². The Bertz CT molecular complexity index is 833. The lowest BCUT2D eigenvalue weighted by Crippen LogP contribution is -2.15. The van der Waals surface area contributed by atoms with Crippen molar-refractivity contribution < 1.29 is 33.6 Å². The number of methoxy groups -OCH3 is 1. The SMILES string of the molecule is COCOc1ccc(C(=O)[C@H]2O[C@@H]2c2ccc3c(c2)OCCO3)c(O)c1. The van der Waals surface area contributed by atoms with Crippen LogP contribution < -0.4 is 14.2 Å². The first-order valence-corrected chi connectivity index (χ1v) is 8.21. The van der Waals surface area contributed by atoms with Crippen LogP contribution in [0, 0.1) is 0 Å². The topological polar surface area (TPSA) is 86.8 Å². The first kappa shape index (κ1) is 16.7. The minimum Gasteiger partial charge on any atom is -0.507 e. The normalized spacial score (nSPS) is 20.5. The van der Waals surface area contributed by atoms with Gasteiger partial charge < -0.3 is 28.8 Å². The second kappa shape index (κ2) is 6.86. The number of phenolic OH excluding ortho intramolecular Hbond substituents is 1. The maximum atomic E-state index is 12.6. The van der Waals surface area contributed by atoms with Gasteiger partial charge in [-0.1, -0.05) is 6.07 Å². The largest absolute Gasteiger partial charge is 0.507 e. The first-order chi connectivity index (χ1) is 12.7. The number of benzene rings is 2. The summed E-state index contributed by atoms with van der Waals surface area (Å²) in [6.07, 6.45) is -0.989. The summed E-state index contributed by atoms with van der Waals surface area (Å²) < 4.78 is 26.6. The van der Waals surface area contributed by atoms with E-state index in [2.05, 4.69) is 0 Å². The van der Waals surface area contributed by atoms with E-state index < -0.39 is 6.10 Å². The zero-order valence-corrected chi connectivity index (χ0v) is 14.1. The second-order valence-corrected chi connectivity index (χ2v) is 5.97. The number of hydrogen-bond acceptors (Lipinski definition) is 7. The summed E-state index contributed by atoms with van der Waals surface area (Å²) in [4.78, 5) is 12.6. The number of phenols is 1. The molecular weight excluding hydrogens is 340 g/mol. The quantitative estimate of drug-likeness (QED) is 0.482. The number of rotatable bonds is 6. The molecule has 2 heterocycles. The molecule has 4 rings (SSSR count). The van der Waals surface area contributed by atoms with Gasteiger partial charge in [0.1, 0.15) is 30.8 Å². The minimum atomic E-state index is -0.630. The predicted molar refractivity (Wildman–Crippen MR) is 90.0 cm³/mol. The monoisotopic (exact) mass is 358 g/mol. The van der Waals surface area contributed by atoms with Crippen LogP contribution in [0.2, 0.25) is 0 Å². The number of carbonyl (C=O) groups excluding carboxylic acids is 1. The maximum absolute atomic E-state index is 12.6. The fraction of sp³-hybridized carbons (Fsp3) is 0.316. The van der Waals surface area contributed by atoms with E-state index in [1.807, 2.05) is 18.2 Å². The molecule has 2 atom stereocenters. The molecule has 7 nitrogen and oxygen atoms in total. The van der Waals surface area contributed by atoms with Crippen molar-refractivity contribution in [3.05, 3.63) is 47.5 Å². The van der Waals surface area contributed by atoms with Gasteiger partial charge in [-0.05, 0) is 29.8 Å². The van der Waals surface area contributed by atoms with Crippen LogP contribution in [0.15, 0.2) is 36.4 Å². The van der Waals surface area contributed by atoms with Gasteiger partial charge in [0, 0.05) is 13.2 Å². The van der Waals surface area contributed by atoms with Crippen molar-refractivity contribution in [3.8, 4) is 23.0 Å². The maximum Gasteiger partial charge on any atom is 0.198 e. The molecule has 7 heteroatoms. The fourth-order valence-corrected chi connectivity index (χ4v) is 2.89. The Kier molecular flexibility index (Phi) is 4.40. The van der Waals surface area contributed by atoms with E-state index in [0.717, 1.165) is 5.56 Å². The van der Waals surface area contributed by atoms with Crippen molar-refractivity contribution in [2.45, 2.75) is 12.2 Å². The number of carbonyl (C=O) groups is 1. The van der Waals surface area contributed by atoms with Crippen molar-refractivity contribution in [2.75, 3.05) is 27.1 Å². The summed E-state index contributed by atoms with van der Waals surface area (Å²) in [5, 5.41) is 10.1. The Morgan fingerprint density at radius 1 is 1.15 bits per heavy atom. The van der Waals surface area contributed by atoms with Crippen LogP contribution in [0.25, 0.3) is 0 Å². The molecule has 2 aliphatic heterocycles. The predicted octanol–water partition coefficient (Wildman–Crippen LogP) is 2.47. The molecule has 0 radical (unpaired) electrons. The van der Waals surface area contributed by atoms with Crippen LogP contribution >= 0.6 is 0 Å². The van der Waals surface area contributed by atoms with E-state index in [-0.39, 0.29) is 30.0 Å². The molecule has 1 N–H and O–H groups in total. The van der Waals surface area contributed by atoms with Gasteiger partial charge in [-0.25, -0.2) is 0 Å². The highest BCUT2D eigenvalue weighted by atomic mass is 16.7. The molecule has 0 saturated carbocycles. The highest BCUT2D eigenvalue weighted by molar-refractivity contribution is 6.03. The summed E-state index contributed by atoms with van der Waals surface area (Å²) in [6.45, 7) is 1.08. The summed E-state index contributed by atoms with van der Waals surface area (Å²) in [6, 6.07) is 10.00. The van der Waals surface area contributed by atoms with Gasteiger partial charge in [0.15, 0.2) is 30.2 Å². The number of fused-ring (bicyclic) bond motifs is 1. The Morgan fingerprint density at radius 2 is 1.96 bits per heavy atom. The number of hydrogen-bond donors (Lipinski definition) is 1. The number of Topliss-reactive ketones (excluding diaryl/α,β-unsaturated/α-hetero) is 1. The number of ketones is 1. The molecule has 2 aromatic rings. The third kappa shape index (κ3) is 3.18. The fourth-order valence-electron chi connectivity index (χ4n) is 2.89. The van der Waals surface area contributed by atoms with Crippen LogP contribution in [0.4, 0.5) is 0 Å². The number of aromatic hydroxyl groups is 1. The Hall–Kier alpha value is -2.77. The van der Waals surface area contributed by atoms with Crippen molar-refractivity contribution in [1.82, 2.24) is 0 Å². The molecular formula is C19H18O7. The van der Waals surface area contributed by atoms with Gasteiger partial charge in [0.2, 0.25) is 0 Å². The summed E-state index contributed by atoms with van der Waals surface area (Å²) in [5.41, 5.74) is 1.03. The molecule has 26 heavy (non-hydrogen) atoms. The molecule has 0 bridgehead atoms. The van der Waals surface area contributed by atoms with E-state index in [4.69, 9.17) is 23.7 Å². The standard InChI is InChI=1S/C19H18O7/c1-22-10-25-12-3-4-13(14(20)9-12)17(21)19-18(26-19)11-2-5-15-16(8-11)24-7-6-23-15/h2-5,8-9,18-20H,6-7,10H2,1H3/t18-,19-/m1/s1. The first-order valence-electron chi connectivity index (χ1n) is 8.21. The van der Waals surface area contributed by atoms with Crippen LogP contribution in [-0.2, 0) is 9.47 Å². The van der Waals surface area contributed by atoms with E-state index in [9.17, 15) is 9.90 Å². The van der Waals surface area contributed by atoms with Gasteiger partial charge in [-0.3, -0.25) is 4.79 Å². The lowest BCUT2D eigenvalue weighted by atomic mass is 10.0. The molecule has 2 aromatic carbocycles. The van der Waals surface area contributed by atoms with Crippen molar-refractivity contribution in [2.24, 2.45) is 0 Å². The van der Waals surface area contributed by atoms with Crippen LogP contribution in [-0.4, -0.2) is 44.1 Å². The van der Waals surface area contributed by atoms with Gasteiger partial charge in [0.25, 0.3) is 0 Å². The van der Waals surface area contributed by atoms with E-state index >= 15 is 0 Å². The van der Waals surface area contributed by atoms with Gasteiger partial charge >= 0.3 is 0 Å². The molecule has 0 aromatic heterocycles. The molecule has 0 amide bonds. The Labute approximate surface area is 150 Å². The number of ether oxygens (including phenoxy) is 5. The van der Waals surface area contributed by atoms with Gasteiger partial charge in [-0.15, -0.1) is 0 Å². The molecule has 2 aliphatic rings. The molecule has 0 spiro atoms. The molecule has 0 aliphatic carbocycles. The van der Waals surface area contributed by atoms with Crippen molar-refractivity contribution >= 4 is 5.78 Å². The van der Waals surface area contributed by atoms with Gasteiger partial charge in [-0.2, -0.15) is 0 Å². The lowest BCUT2D eigenvalue weighted by Gasteiger charge is -2.18. The van der Waals surface area contributed by atoms with Crippen LogP contribution in [0.1, 0.15) is 22.0 Å². The molecule has 136 valence electrons. The molecule has 1 saturated heterocycles. The summed E-state index contributed by atoms with van der Waals surface area (Å²) in [5.74, 6) is 1.33. The highest BCUT2D eigenvalue weighted by Crippen LogP contribution is 2.44. The molecule has 0 unspecified atom stereocenters. The summed E-state index contributed by atoms with van der Waals surface area (Å²) >= 11 is 0. The minimum absolute atomic E-state index is 0.0602. The third-order valence-electron chi connectivity index (χ3n) is 4.22. The average Bonchev–Trinajstić information content (AvgIpc) is 3.46. The van der Waals surface area contributed by atoms with E-state index in [1.165, 1.54) is 19.2 Å². The van der Waals surface area contributed by atoms with E-state index in [1.54, 1.807) is 6.07 Å². The van der Waals surface area contributed by atoms with Crippen molar-refractivity contribution in [1.29, 1.82) is 0 Å².